The van der Waals surface area contributed by atoms with Gasteiger partial charge in [0.15, 0.2) is 0 Å². The predicted octanol–water partition coefficient (Wildman–Crippen LogP) is 1.38. The summed E-state index contributed by atoms with van der Waals surface area (Å²) in [5, 5.41) is 2.58. The normalized spacial score (nSPS) is 15.0. The zero-order chi connectivity index (χ0) is 17.6. The third-order valence-electron chi connectivity index (χ3n) is 3.20. The number of nitrogens with one attached hydrogen (secondary N) is 1. The van der Waals surface area contributed by atoms with Crippen LogP contribution in [0.3, 0.4) is 0 Å². The molecular formula is C14H27NO6S. The summed E-state index contributed by atoms with van der Waals surface area (Å²) in [6, 6.07) is 0. The van der Waals surface area contributed by atoms with Crippen molar-refractivity contribution in [2.45, 2.75) is 53.0 Å². The molecule has 0 aliphatic heterocycles. The lowest BCUT2D eigenvalue weighted by Crippen LogP contribution is -2.50. The molecule has 0 aliphatic rings. The first-order chi connectivity index (χ1) is 9.91. The molecule has 0 aliphatic carbocycles. The summed E-state index contributed by atoms with van der Waals surface area (Å²) >= 11 is 0. The lowest BCUT2D eigenvalue weighted by atomic mass is 9.92. The quantitative estimate of drug-likeness (QED) is 0.486. The highest BCUT2D eigenvalue weighted by Crippen LogP contribution is 2.18. The van der Waals surface area contributed by atoms with E-state index in [9.17, 15) is 18.0 Å². The highest BCUT2D eigenvalue weighted by Gasteiger charge is 2.30. The van der Waals surface area contributed by atoms with Crippen LogP contribution in [0.1, 0.15) is 47.5 Å². The highest BCUT2D eigenvalue weighted by molar-refractivity contribution is 7.85. The highest BCUT2D eigenvalue weighted by atomic mass is 32.2. The van der Waals surface area contributed by atoms with Crippen LogP contribution in [0.25, 0.3) is 0 Å². The molecule has 0 rings (SSSR count). The van der Waals surface area contributed by atoms with Gasteiger partial charge < -0.3 is 10.1 Å². The van der Waals surface area contributed by atoms with Gasteiger partial charge in [0, 0.05) is 5.92 Å². The van der Waals surface area contributed by atoms with Crippen LogP contribution in [0.2, 0.25) is 0 Å². The van der Waals surface area contributed by atoms with E-state index in [0.29, 0.717) is 12.8 Å². The number of rotatable bonds is 9. The molecule has 0 radical (unpaired) electrons. The number of carbonyl (C=O) groups excluding carboxylic acids is 2. The van der Waals surface area contributed by atoms with Gasteiger partial charge in [-0.1, -0.05) is 13.8 Å². The van der Waals surface area contributed by atoms with Gasteiger partial charge in [-0.3, -0.25) is 14.1 Å². The summed E-state index contributed by atoms with van der Waals surface area (Å²) < 4.78 is 35.7. The van der Waals surface area contributed by atoms with Crippen molar-refractivity contribution in [3.05, 3.63) is 0 Å². The molecular weight excluding hydrogens is 310 g/mol. The summed E-state index contributed by atoms with van der Waals surface area (Å²) in [6.07, 6.45) is 0.883. The molecule has 2 unspecified atom stereocenters. The maximum atomic E-state index is 12.1. The number of esters is 1. The molecule has 0 spiro atoms. The monoisotopic (exact) mass is 337 g/mol. The smallest absolute Gasteiger partial charge is 0.308 e. The molecule has 22 heavy (non-hydrogen) atoms. The van der Waals surface area contributed by atoms with E-state index in [-0.39, 0.29) is 24.4 Å². The predicted molar refractivity (Wildman–Crippen MR) is 82.8 cm³/mol. The first-order valence-corrected chi connectivity index (χ1v) is 8.96. The summed E-state index contributed by atoms with van der Waals surface area (Å²) in [7, 11) is -4.19. The Labute approximate surface area is 132 Å². The van der Waals surface area contributed by atoms with Crippen LogP contribution < -0.4 is 5.32 Å². The van der Waals surface area contributed by atoms with Gasteiger partial charge in [-0.15, -0.1) is 0 Å². The third-order valence-corrected chi connectivity index (χ3v) is 4.29. The van der Waals surface area contributed by atoms with Crippen LogP contribution in [0.15, 0.2) is 0 Å². The molecule has 0 saturated heterocycles. The van der Waals surface area contributed by atoms with Crippen LogP contribution in [-0.2, 0) is 24.4 Å². The topological polar surface area (TPSA) is 110 Å². The third kappa shape index (κ3) is 8.33. The van der Waals surface area contributed by atoms with Crippen LogP contribution in [0.4, 0.5) is 0 Å². The number of ether oxygens (including phenoxy) is 1. The van der Waals surface area contributed by atoms with Gasteiger partial charge in [-0.25, -0.2) is 0 Å². The molecule has 0 bridgehead atoms. The van der Waals surface area contributed by atoms with Crippen LogP contribution >= 0.6 is 0 Å². The largest absolute Gasteiger partial charge is 0.466 e. The molecule has 0 heterocycles. The molecule has 0 saturated carbocycles. The Balaban J connectivity index is 4.69. The minimum Gasteiger partial charge on any atom is -0.466 e. The maximum absolute atomic E-state index is 12.1. The van der Waals surface area contributed by atoms with Crippen molar-refractivity contribution in [1.82, 2.24) is 5.32 Å². The second kappa shape index (κ2) is 8.47. The number of hydrogen-bond donors (Lipinski definition) is 2. The molecule has 7 nitrogen and oxygen atoms in total. The Hall–Kier alpha value is -1.15. The Kier molecular flexibility index (Phi) is 8.03. The second-order valence-corrected chi connectivity index (χ2v) is 7.55. The Morgan fingerprint density at radius 2 is 1.82 bits per heavy atom. The molecule has 130 valence electrons. The minimum atomic E-state index is -4.19. The average Bonchev–Trinajstić information content (AvgIpc) is 2.31. The molecule has 8 heteroatoms. The van der Waals surface area contributed by atoms with E-state index >= 15 is 0 Å². The summed E-state index contributed by atoms with van der Waals surface area (Å²) in [5.74, 6) is -2.12. The van der Waals surface area contributed by atoms with Crippen LogP contribution in [0, 0.1) is 11.8 Å². The summed E-state index contributed by atoms with van der Waals surface area (Å²) in [5.41, 5.74) is -1.09. The first kappa shape index (κ1) is 20.9. The van der Waals surface area contributed by atoms with E-state index in [1.54, 1.807) is 13.8 Å². The van der Waals surface area contributed by atoms with Gasteiger partial charge >= 0.3 is 5.97 Å². The molecule has 0 aromatic heterocycles. The number of amides is 1. The molecule has 1 amide bonds. The standard InChI is InChI=1S/C14H27NO6S/c1-6-11(13(17)21-7-2)8-10(3)12(16)15-14(4,5)9-22(18,19)20/h10-11H,6-9H2,1-5H3,(H,15,16)(H,18,19,20). The number of carbonyl (C=O) groups is 2. The fraction of sp³-hybridized carbons (Fsp3) is 0.857. The molecule has 2 N–H and O–H groups in total. The van der Waals surface area contributed by atoms with Gasteiger partial charge in [-0.05, 0) is 33.6 Å². The lowest BCUT2D eigenvalue weighted by molar-refractivity contribution is -0.149. The van der Waals surface area contributed by atoms with Gasteiger partial charge in [0.05, 0.1) is 23.8 Å². The Morgan fingerprint density at radius 1 is 1.27 bits per heavy atom. The first-order valence-electron chi connectivity index (χ1n) is 7.35. The van der Waals surface area contributed by atoms with Crippen molar-refractivity contribution in [2.75, 3.05) is 12.4 Å². The zero-order valence-corrected chi connectivity index (χ0v) is 14.7. The Morgan fingerprint density at radius 3 is 2.23 bits per heavy atom. The van der Waals surface area contributed by atoms with E-state index in [1.807, 2.05) is 6.92 Å². The van der Waals surface area contributed by atoms with Crippen molar-refractivity contribution >= 4 is 22.0 Å². The van der Waals surface area contributed by atoms with Crippen LogP contribution in [0.5, 0.6) is 0 Å². The fourth-order valence-corrected chi connectivity index (χ4v) is 3.16. The van der Waals surface area contributed by atoms with Gasteiger partial charge in [0.2, 0.25) is 5.91 Å². The van der Waals surface area contributed by atoms with E-state index in [0.717, 1.165) is 0 Å². The van der Waals surface area contributed by atoms with Gasteiger partial charge in [0.25, 0.3) is 10.1 Å². The summed E-state index contributed by atoms with van der Waals surface area (Å²) in [6.45, 7) is 8.53. The van der Waals surface area contributed by atoms with E-state index in [2.05, 4.69) is 5.32 Å². The van der Waals surface area contributed by atoms with Crippen molar-refractivity contribution in [2.24, 2.45) is 11.8 Å². The van der Waals surface area contributed by atoms with E-state index < -0.39 is 27.3 Å². The maximum Gasteiger partial charge on any atom is 0.308 e. The SMILES string of the molecule is CCOC(=O)C(CC)CC(C)C(=O)NC(C)(C)CS(=O)(=O)O. The molecule has 0 fully saturated rings. The van der Waals surface area contributed by atoms with Crippen molar-refractivity contribution in [3.8, 4) is 0 Å². The van der Waals surface area contributed by atoms with E-state index in [4.69, 9.17) is 9.29 Å². The second-order valence-electron chi connectivity index (χ2n) is 6.09. The van der Waals surface area contributed by atoms with Crippen molar-refractivity contribution in [3.63, 3.8) is 0 Å². The summed E-state index contributed by atoms with van der Waals surface area (Å²) in [4.78, 5) is 23.9. The molecule has 0 aromatic rings. The fourth-order valence-electron chi connectivity index (χ4n) is 2.17. The zero-order valence-electron chi connectivity index (χ0n) is 13.9. The Bertz CT molecular complexity index is 486. The minimum absolute atomic E-state index is 0.289. The van der Waals surface area contributed by atoms with Crippen molar-refractivity contribution < 1.29 is 27.3 Å². The molecule has 2 atom stereocenters. The van der Waals surface area contributed by atoms with Gasteiger partial charge in [0.1, 0.15) is 0 Å². The number of hydrogen-bond acceptors (Lipinski definition) is 5. The van der Waals surface area contributed by atoms with E-state index in [1.165, 1.54) is 13.8 Å². The lowest BCUT2D eigenvalue weighted by Gasteiger charge is -2.27. The van der Waals surface area contributed by atoms with Gasteiger partial charge in [-0.2, -0.15) is 8.42 Å². The average molecular weight is 337 g/mol. The van der Waals surface area contributed by atoms with Crippen LogP contribution in [-0.4, -0.2) is 42.7 Å². The molecule has 0 aromatic carbocycles. The van der Waals surface area contributed by atoms with Crippen molar-refractivity contribution in [1.29, 1.82) is 0 Å².